The Bertz CT molecular complexity index is 1550. The normalized spacial score (nSPS) is 11.6. The number of imidazole rings is 1. The minimum atomic E-state index is -0.0298. The summed E-state index contributed by atoms with van der Waals surface area (Å²) in [6, 6.07) is 32.1. The smallest absolute Gasteiger partial charge is 0.264 e. The van der Waals surface area contributed by atoms with Crippen LogP contribution in [0.3, 0.4) is 0 Å². The first-order valence-electron chi connectivity index (χ1n) is 9.63. The van der Waals surface area contributed by atoms with Gasteiger partial charge in [0.05, 0.1) is 11.4 Å². The number of nitrogens with zero attached hydrogens (tertiary/aromatic N) is 2. The fourth-order valence-corrected chi connectivity index (χ4v) is 4.28. The van der Waals surface area contributed by atoms with Crippen molar-refractivity contribution < 1.29 is 0 Å². The molecular weight excluding hydrogens is 356 g/mol. The lowest BCUT2D eigenvalue weighted by atomic mass is 10.0. The highest BCUT2D eigenvalue weighted by Gasteiger charge is 2.21. The third-order valence-corrected chi connectivity index (χ3v) is 5.55. The zero-order valence-corrected chi connectivity index (χ0v) is 15.5. The van der Waals surface area contributed by atoms with E-state index in [1.807, 2.05) is 91.0 Å². The monoisotopic (exact) mass is 372 g/mol. The number of benzene rings is 4. The van der Waals surface area contributed by atoms with E-state index in [0.717, 1.165) is 44.1 Å². The van der Waals surface area contributed by atoms with Crippen LogP contribution in [0.4, 0.5) is 0 Å². The van der Waals surface area contributed by atoms with Crippen LogP contribution in [0.25, 0.3) is 49.7 Å². The Labute approximate surface area is 166 Å². The number of hydrogen-bond acceptors (Lipinski definition) is 2. The Morgan fingerprint density at radius 3 is 1.93 bits per heavy atom. The van der Waals surface area contributed by atoms with Crippen LogP contribution in [0.5, 0.6) is 0 Å². The number of pyridine rings is 1. The van der Waals surface area contributed by atoms with Crippen molar-refractivity contribution in [1.29, 1.82) is 0 Å². The minimum Gasteiger partial charge on any atom is -0.268 e. The summed E-state index contributed by atoms with van der Waals surface area (Å²) in [6.45, 7) is 0. The first-order valence-corrected chi connectivity index (χ1v) is 9.63. The fourth-order valence-electron chi connectivity index (χ4n) is 4.28. The second kappa shape index (κ2) is 6.01. The average molecular weight is 372 g/mol. The van der Waals surface area contributed by atoms with Gasteiger partial charge in [-0.15, -0.1) is 0 Å². The van der Waals surface area contributed by atoms with Crippen LogP contribution < -0.4 is 5.56 Å². The maximum atomic E-state index is 13.7. The molecule has 4 aromatic carbocycles. The molecule has 0 spiro atoms. The second-order valence-electron chi connectivity index (χ2n) is 7.21. The molecule has 2 aromatic heterocycles. The van der Waals surface area contributed by atoms with Gasteiger partial charge in [-0.2, -0.15) is 0 Å². The highest BCUT2D eigenvalue weighted by atomic mass is 16.1. The zero-order valence-electron chi connectivity index (χ0n) is 15.5. The van der Waals surface area contributed by atoms with Gasteiger partial charge in [0.1, 0.15) is 5.65 Å². The van der Waals surface area contributed by atoms with Gasteiger partial charge in [0.25, 0.3) is 5.56 Å². The third-order valence-electron chi connectivity index (χ3n) is 5.55. The quantitative estimate of drug-likeness (QED) is 0.386. The van der Waals surface area contributed by atoms with Gasteiger partial charge in [-0.25, -0.2) is 4.98 Å². The van der Waals surface area contributed by atoms with Crippen LogP contribution >= 0.6 is 0 Å². The predicted octanol–water partition coefficient (Wildman–Crippen LogP) is 5.77. The topological polar surface area (TPSA) is 34.4 Å². The molecule has 0 N–H and O–H groups in total. The van der Waals surface area contributed by atoms with Gasteiger partial charge in [-0.1, -0.05) is 91.0 Å². The van der Waals surface area contributed by atoms with Crippen molar-refractivity contribution in [3.63, 3.8) is 0 Å². The summed E-state index contributed by atoms with van der Waals surface area (Å²) in [5.74, 6) is 0. The molecule has 0 aliphatic rings. The molecule has 0 bridgehead atoms. The van der Waals surface area contributed by atoms with Gasteiger partial charge in [0.15, 0.2) is 0 Å². The number of aromatic nitrogens is 2. The van der Waals surface area contributed by atoms with Crippen LogP contribution in [-0.4, -0.2) is 9.38 Å². The van der Waals surface area contributed by atoms with Gasteiger partial charge in [0, 0.05) is 27.3 Å². The summed E-state index contributed by atoms with van der Waals surface area (Å²) in [6.07, 6.45) is 0. The molecule has 0 saturated carbocycles. The maximum Gasteiger partial charge on any atom is 0.264 e. The van der Waals surface area contributed by atoms with Gasteiger partial charge >= 0.3 is 0 Å². The molecule has 0 saturated heterocycles. The highest BCUT2D eigenvalue weighted by molar-refractivity contribution is 6.15. The Morgan fingerprint density at radius 1 is 0.621 bits per heavy atom. The first-order chi connectivity index (χ1) is 14.3. The molecule has 3 nitrogen and oxygen atoms in total. The summed E-state index contributed by atoms with van der Waals surface area (Å²) in [4.78, 5) is 18.7. The van der Waals surface area contributed by atoms with E-state index in [9.17, 15) is 4.79 Å². The molecule has 0 radical (unpaired) electrons. The standard InChI is InChI=1S/C26H16N2O/c29-26-21-16-8-14-17-13-7-15-20(22(17)21)25-27-23(18-9-3-1-4-10-18)24(28(25)26)19-11-5-2-6-12-19/h1-16H. The summed E-state index contributed by atoms with van der Waals surface area (Å²) >= 11 is 0. The number of fused-ring (bicyclic) bond motifs is 2. The molecule has 0 fully saturated rings. The van der Waals surface area contributed by atoms with E-state index in [4.69, 9.17) is 4.98 Å². The predicted molar refractivity (Wildman–Crippen MR) is 119 cm³/mol. The van der Waals surface area contributed by atoms with Crippen molar-refractivity contribution >= 4 is 27.2 Å². The fraction of sp³-hybridized carbons (Fsp3) is 0. The van der Waals surface area contributed by atoms with Crippen LogP contribution in [0, 0.1) is 0 Å². The van der Waals surface area contributed by atoms with Gasteiger partial charge in [0.2, 0.25) is 0 Å². The lowest BCUT2D eigenvalue weighted by Crippen LogP contribution is -2.14. The zero-order chi connectivity index (χ0) is 19.4. The largest absolute Gasteiger partial charge is 0.268 e. The first kappa shape index (κ1) is 16.0. The van der Waals surface area contributed by atoms with E-state index in [1.165, 1.54) is 0 Å². The van der Waals surface area contributed by atoms with Gasteiger partial charge < -0.3 is 0 Å². The molecule has 0 aliphatic heterocycles. The molecule has 0 aliphatic carbocycles. The van der Waals surface area contributed by atoms with Crippen molar-refractivity contribution in [3.05, 3.63) is 107 Å². The minimum absolute atomic E-state index is 0.0298. The van der Waals surface area contributed by atoms with Crippen LogP contribution in [0.1, 0.15) is 0 Å². The molecule has 0 atom stereocenters. The van der Waals surface area contributed by atoms with Crippen molar-refractivity contribution in [2.45, 2.75) is 0 Å². The molecule has 6 aromatic rings. The lowest BCUT2D eigenvalue weighted by Gasteiger charge is -2.09. The third kappa shape index (κ3) is 2.25. The summed E-state index contributed by atoms with van der Waals surface area (Å²) < 4.78 is 1.79. The summed E-state index contributed by atoms with van der Waals surface area (Å²) in [5, 5.41) is 3.76. The molecule has 2 heterocycles. The van der Waals surface area contributed by atoms with Gasteiger partial charge in [-0.05, 0) is 11.5 Å². The maximum absolute atomic E-state index is 13.7. The molecule has 6 rings (SSSR count). The lowest BCUT2D eigenvalue weighted by molar-refractivity contribution is 1.15. The van der Waals surface area contributed by atoms with E-state index in [2.05, 4.69) is 6.07 Å². The molecule has 136 valence electrons. The molecule has 0 amide bonds. The summed E-state index contributed by atoms with van der Waals surface area (Å²) in [5.41, 5.74) is 4.31. The Morgan fingerprint density at radius 2 is 1.24 bits per heavy atom. The van der Waals surface area contributed by atoms with Crippen LogP contribution in [0.2, 0.25) is 0 Å². The Balaban J connectivity index is 1.89. The number of rotatable bonds is 2. The van der Waals surface area contributed by atoms with E-state index in [-0.39, 0.29) is 5.56 Å². The van der Waals surface area contributed by atoms with Gasteiger partial charge in [-0.3, -0.25) is 9.20 Å². The van der Waals surface area contributed by atoms with Crippen LogP contribution in [-0.2, 0) is 0 Å². The highest BCUT2D eigenvalue weighted by Crippen LogP contribution is 2.35. The van der Waals surface area contributed by atoms with Crippen molar-refractivity contribution in [3.8, 4) is 22.5 Å². The van der Waals surface area contributed by atoms with Crippen molar-refractivity contribution in [1.82, 2.24) is 9.38 Å². The SMILES string of the molecule is O=c1c2cccc3cccc(c32)c2nc(-c3ccccc3)c(-c3ccccc3)n12. The van der Waals surface area contributed by atoms with Crippen molar-refractivity contribution in [2.75, 3.05) is 0 Å². The molecule has 29 heavy (non-hydrogen) atoms. The molecule has 3 heteroatoms. The van der Waals surface area contributed by atoms with Crippen LogP contribution in [0.15, 0.2) is 102 Å². The Hall–Kier alpha value is -3.98. The molecule has 0 unspecified atom stereocenters. The average Bonchev–Trinajstić information content (AvgIpc) is 3.19. The van der Waals surface area contributed by atoms with E-state index in [0.29, 0.717) is 5.65 Å². The summed E-state index contributed by atoms with van der Waals surface area (Å²) in [7, 11) is 0. The van der Waals surface area contributed by atoms with E-state index >= 15 is 0 Å². The Kier molecular flexibility index (Phi) is 3.32. The van der Waals surface area contributed by atoms with E-state index in [1.54, 1.807) is 4.40 Å². The molecular formula is C26H16N2O. The number of hydrogen-bond donors (Lipinski definition) is 0. The van der Waals surface area contributed by atoms with E-state index < -0.39 is 0 Å². The van der Waals surface area contributed by atoms with Crippen molar-refractivity contribution in [2.24, 2.45) is 0 Å². The second-order valence-corrected chi connectivity index (χ2v) is 7.21.